The predicted molar refractivity (Wildman–Crippen MR) is 66.5 cm³/mol. The van der Waals surface area contributed by atoms with E-state index in [-0.39, 0.29) is 22.7 Å². The maximum Gasteiger partial charge on any atom is 0.216 e. The number of rotatable bonds is 0. The molecule has 2 rings (SSSR count). The lowest BCUT2D eigenvalue weighted by Gasteiger charge is -1.93. The topological polar surface area (TPSA) is 72.0 Å². The molecule has 2 aromatic rings. The molecule has 0 radical (unpaired) electrons. The highest BCUT2D eigenvalue weighted by Crippen LogP contribution is 2.09. The molecule has 3 N–H and O–H groups in total. The maximum atomic E-state index is 12.2. The molecule has 0 atom stereocenters. The van der Waals surface area contributed by atoms with Crippen molar-refractivity contribution < 1.29 is 9.50 Å². The molecule has 0 aliphatic heterocycles. The van der Waals surface area contributed by atoms with Crippen molar-refractivity contribution >= 4 is 18.4 Å². The number of aromatic hydroxyl groups is 1. The van der Waals surface area contributed by atoms with E-state index in [0.717, 1.165) is 5.56 Å². The monoisotopic (exact) mass is 253 g/mol. The van der Waals surface area contributed by atoms with E-state index in [4.69, 9.17) is 10.8 Å². The Balaban J connectivity index is 0.000000171. The summed E-state index contributed by atoms with van der Waals surface area (Å²) in [5.74, 6) is -0.106. The molecule has 0 aliphatic rings. The number of aromatic nitrogens is 2. The van der Waals surface area contributed by atoms with Gasteiger partial charge in [0.05, 0.1) is 0 Å². The van der Waals surface area contributed by atoms with Gasteiger partial charge in [0.2, 0.25) is 5.88 Å². The largest absolute Gasteiger partial charge is 0.493 e. The van der Waals surface area contributed by atoms with E-state index in [0.29, 0.717) is 0 Å². The molecular formula is C11H12FN3OS. The summed E-state index contributed by atoms with van der Waals surface area (Å²) in [6.45, 7) is 1.86. The molecule has 0 spiro atoms. The number of nitrogens with zero attached hydrogens (tertiary/aromatic N) is 2. The van der Waals surface area contributed by atoms with E-state index < -0.39 is 0 Å². The molecule has 1 heterocycles. The number of benzene rings is 1. The molecule has 0 saturated heterocycles. The van der Waals surface area contributed by atoms with Crippen LogP contribution in [-0.4, -0.2) is 15.1 Å². The van der Waals surface area contributed by atoms with Crippen LogP contribution in [0.5, 0.6) is 5.88 Å². The molecule has 1 aromatic heterocycles. The summed E-state index contributed by atoms with van der Waals surface area (Å²) in [5, 5.41) is 8.89. The van der Waals surface area contributed by atoms with Gasteiger partial charge in [-0.05, 0) is 24.6 Å². The zero-order chi connectivity index (χ0) is 12.8. The number of aryl methyl sites for hydroxylation is 1. The third-order valence-electron chi connectivity index (χ3n) is 1.70. The van der Waals surface area contributed by atoms with Crippen LogP contribution in [0, 0.1) is 12.7 Å². The molecule has 0 fully saturated rings. The molecule has 4 nitrogen and oxygen atoms in total. The summed E-state index contributed by atoms with van der Waals surface area (Å²) >= 11 is 3.76. The maximum absolute atomic E-state index is 12.2. The van der Waals surface area contributed by atoms with Crippen molar-refractivity contribution in [2.45, 2.75) is 12.1 Å². The first kappa shape index (κ1) is 13.2. The number of nitrogens with two attached hydrogens (primary N) is 1. The molecule has 90 valence electrons. The standard InChI is InChI=1S/C7H7F.C4H5N3OS/c1-6-3-2-4-7(8)5-6;5-2-1-3(8)7-4(9)6-2/h2-5H,1H3;1H,(H4,5,6,7,8,9). The predicted octanol–water partition coefficient (Wildman–Crippen LogP) is 2.19. The quantitative estimate of drug-likeness (QED) is 0.497. The number of hydrogen-bond acceptors (Lipinski definition) is 5. The van der Waals surface area contributed by atoms with Crippen LogP contribution < -0.4 is 5.73 Å². The minimum absolute atomic E-state index is 0.160. The van der Waals surface area contributed by atoms with Gasteiger partial charge in [0.15, 0.2) is 5.16 Å². The third kappa shape index (κ3) is 5.17. The normalized spacial score (nSPS) is 9.35. The second-order valence-electron chi connectivity index (χ2n) is 3.25. The fraction of sp³-hybridized carbons (Fsp3) is 0.0909. The Morgan fingerprint density at radius 1 is 1.29 bits per heavy atom. The van der Waals surface area contributed by atoms with Crippen molar-refractivity contribution in [2.24, 2.45) is 0 Å². The van der Waals surface area contributed by atoms with Gasteiger partial charge in [0.25, 0.3) is 0 Å². The van der Waals surface area contributed by atoms with Crippen LogP contribution in [0.15, 0.2) is 35.5 Å². The number of nitrogen functional groups attached to an aromatic ring is 1. The number of halogens is 1. The van der Waals surface area contributed by atoms with Crippen LogP contribution in [0.3, 0.4) is 0 Å². The number of thiol groups is 1. The fourth-order valence-electron chi connectivity index (χ4n) is 1.05. The van der Waals surface area contributed by atoms with Gasteiger partial charge in [0, 0.05) is 6.07 Å². The van der Waals surface area contributed by atoms with E-state index in [1.165, 1.54) is 18.2 Å². The fourth-order valence-corrected chi connectivity index (χ4v) is 1.26. The summed E-state index contributed by atoms with van der Waals surface area (Å²) in [5.41, 5.74) is 6.16. The van der Waals surface area contributed by atoms with E-state index in [9.17, 15) is 4.39 Å². The van der Waals surface area contributed by atoms with Crippen LogP contribution in [0.1, 0.15) is 5.56 Å². The molecule has 0 unspecified atom stereocenters. The lowest BCUT2D eigenvalue weighted by atomic mass is 10.2. The molecule has 0 amide bonds. The minimum Gasteiger partial charge on any atom is -0.493 e. The van der Waals surface area contributed by atoms with Crippen LogP contribution >= 0.6 is 12.6 Å². The highest BCUT2D eigenvalue weighted by molar-refractivity contribution is 7.80. The van der Waals surface area contributed by atoms with Crippen molar-refractivity contribution in [1.29, 1.82) is 0 Å². The van der Waals surface area contributed by atoms with Crippen molar-refractivity contribution in [3.63, 3.8) is 0 Å². The summed E-state index contributed by atoms with van der Waals surface area (Å²) < 4.78 is 12.2. The van der Waals surface area contributed by atoms with Gasteiger partial charge in [-0.25, -0.2) is 9.37 Å². The average Bonchev–Trinajstić information content (AvgIpc) is 2.15. The molecular weight excluding hydrogens is 241 g/mol. The second kappa shape index (κ2) is 6.05. The molecule has 1 aromatic carbocycles. The van der Waals surface area contributed by atoms with Crippen molar-refractivity contribution in [2.75, 3.05) is 5.73 Å². The van der Waals surface area contributed by atoms with Crippen molar-refractivity contribution in [3.8, 4) is 5.88 Å². The summed E-state index contributed by atoms with van der Waals surface area (Å²) in [6, 6.07) is 7.75. The Morgan fingerprint density at radius 2 is 2.00 bits per heavy atom. The second-order valence-corrected chi connectivity index (χ2v) is 3.65. The van der Waals surface area contributed by atoms with Crippen molar-refractivity contribution in [1.82, 2.24) is 9.97 Å². The highest BCUT2D eigenvalue weighted by Gasteiger charge is 1.94. The first-order valence-electron chi connectivity index (χ1n) is 4.72. The molecule has 0 bridgehead atoms. The van der Waals surface area contributed by atoms with E-state index in [1.807, 2.05) is 13.0 Å². The zero-order valence-corrected chi connectivity index (χ0v) is 10.0. The van der Waals surface area contributed by atoms with Gasteiger partial charge < -0.3 is 10.8 Å². The Morgan fingerprint density at radius 3 is 2.41 bits per heavy atom. The Bertz CT molecular complexity index is 440. The smallest absolute Gasteiger partial charge is 0.216 e. The van der Waals surface area contributed by atoms with E-state index in [1.54, 1.807) is 6.07 Å². The summed E-state index contributed by atoms with van der Waals surface area (Å²) in [4.78, 5) is 7.07. The summed E-state index contributed by atoms with van der Waals surface area (Å²) in [7, 11) is 0. The van der Waals surface area contributed by atoms with Gasteiger partial charge in [0.1, 0.15) is 11.6 Å². The Labute approximate surface area is 104 Å². The van der Waals surface area contributed by atoms with Gasteiger partial charge in [-0.15, -0.1) is 12.6 Å². The van der Waals surface area contributed by atoms with Crippen LogP contribution in [-0.2, 0) is 0 Å². The minimum atomic E-state index is -0.162. The first-order chi connectivity index (χ1) is 7.97. The zero-order valence-electron chi connectivity index (χ0n) is 9.13. The Kier molecular flexibility index (Phi) is 4.71. The van der Waals surface area contributed by atoms with Crippen LogP contribution in [0.2, 0.25) is 0 Å². The lowest BCUT2D eigenvalue weighted by molar-refractivity contribution is 0.446. The lowest BCUT2D eigenvalue weighted by Crippen LogP contribution is -1.91. The molecule has 17 heavy (non-hydrogen) atoms. The summed E-state index contributed by atoms with van der Waals surface area (Å²) in [6.07, 6.45) is 0. The average molecular weight is 253 g/mol. The first-order valence-corrected chi connectivity index (χ1v) is 5.17. The van der Waals surface area contributed by atoms with E-state index in [2.05, 4.69) is 22.6 Å². The molecule has 0 aliphatic carbocycles. The highest BCUT2D eigenvalue weighted by atomic mass is 32.1. The van der Waals surface area contributed by atoms with Crippen molar-refractivity contribution in [3.05, 3.63) is 41.7 Å². The van der Waals surface area contributed by atoms with Gasteiger partial charge >= 0.3 is 0 Å². The molecule has 6 heteroatoms. The SMILES string of the molecule is Cc1cccc(F)c1.Nc1cc(O)nc(S)n1. The third-order valence-corrected chi connectivity index (χ3v) is 1.90. The van der Waals surface area contributed by atoms with Gasteiger partial charge in [-0.1, -0.05) is 12.1 Å². The number of anilines is 1. The van der Waals surface area contributed by atoms with Gasteiger partial charge in [-0.3, -0.25) is 0 Å². The molecule has 0 saturated carbocycles. The van der Waals surface area contributed by atoms with Gasteiger partial charge in [-0.2, -0.15) is 4.98 Å². The Hall–Kier alpha value is -1.82. The van der Waals surface area contributed by atoms with Crippen LogP contribution in [0.25, 0.3) is 0 Å². The van der Waals surface area contributed by atoms with E-state index >= 15 is 0 Å². The van der Waals surface area contributed by atoms with Crippen LogP contribution in [0.4, 0.5) is 10.2 Å². The number of hydrogen-bond donors (Lipinski definition) is 3.